The van der Waals surface area contributed by atoms with Crippen LogP contribution in [-0.2, 0) is 9.84 Å². The zero-order valence-electron chi connectivity index (χ0n) is 19.9. The van der Waals surface area contributed by atoms with Crippen molar-refractivity contribution in [1.82, 2.24) is 5.32 Å². The Kier molecular flexibility index (Phi) is 7.03. The molecule has 0 heterocycles. The molecule has 5 heteroatoms. The van der Waals surface area contributed by atoms with E-state index in [1.54, 1.807) is 18.2 Å². The van der Waals surface area contributed by atoms with E-state index in [0.717, 1.165) is 28.7 Å². The SMILES string of the molecule is CCC(NC(=O)c1ccc2c(c1)C=CCC(S(=O)(=O)c1ccc(C)cc1)C2C)c1ccccc1. The molecule has 0 aliphatic heterocycles. The Hall–Kier alpha value is -3.18. The molecule has 0 spiro atoms. The molecular weight excluding hydrogens is 442 g/mol. The predicted molar refractivity (Wildman–Crippen MR) is 138 cm³/mol. The van der Waals surface area contributed by atoms with Crippen LogP contribution >= 0.6 is 0 Å². The minimum Gasteiger partial charge on any atom is -0.345 e. The average Bonchev–Trinajstić information content (AvgIpc) is 3.01. The molecule has 4 rings (SSSR count). The van der Waals surface area contributed by atoms with Crippen LogP contribution in [0.15, 0.2) is 83.8 Å². The van der Waals surface area contributed by atoms with Crippen molar-refractivity contribution in [3.8, 4) is 0 Å². The quantitative estimate of drug-likeness (QED) is 0.461. The molecule has 3 aromatic carbocycles. The fourth-order valence-corrected chi connectivity index (χ4v) is 6.57. The Balaban J connectivity index is 1.59. The number of aryl methyl sites for hydroxylation is 1. The fraction of sp³-hybridized carbons (Fsp3) is 0.276. The molecule has 1 aliphatic carbocycles. The van der Waals surface area contributed by atoms with Gasteiger partial charge in [-0.3, -0.25) is 4.79 Å². The Bertz CT molecular complexity index is 1290. The molecule has 4 nitrogen and oxygen atoms in total. The van der Waals surface area contributed by atoms with E-state index in [9.17, 15) is 13.2 Å². The van der Waals surface area contributed by atoms with Gasteiger partial charge in [-0.15, -0.1) is 0 Å². The summed E-state index contributed by atoms with van der Waals surface area (Å²) in [4.78, 5) is 13.4. The summed E-state index contributed by atoms with van der Waals surface area (Å²) in [7, 11) is -3.50. The maximum Gasteiger partial charge on any atom is 0.251 e. The number of hydrogen-bond donors (Lipinski definition) is 1. The highest BCUT2D eigenvalue weighted by molar-refractivity contribution is 7.92. The molecule has 3 aromatic rings. The van der Waals surface area contributed by atoms with Crippen LogP contribution in [0.25, 0.3) is 6.08 Å². The van der Waals surface area contributed by atoms with Crippen molar-refractivity contribution >= 4 is 21.8 Å². The van der Waals surface area contributed by atoms with Crippen LogP contribution in [0.3, 0.4) is 0 Å². The van der Waals surface area contributed by atoms with E-state index >= 15 is 0 Å². The van der Waals surface area contributed by atoms with Gasteiger partial charge >= 0.3 is 0 Å². The van der Waals surface area contributed by atoms with Gasteiger partial charge in [0.2, 0.25) is 0 Å². The van der Waals surface area contributed by atoms with Gasteiger partial charge in [-0.05, 0) is 66.6 Å². The number of sulfone groups is 1. The fourth-order valence-electron chi connectivity index (χ4n) is 4.65. The van der Waals surface area contributed by atoms with Crippen molar-refractivity contribution in [3.63, 3.8) is 0 Å². The summed E-state index contributed by atoms with van der Waals surface area (Å²) in [6, 6.07) is 22.5. The third-order valence-electron chi connectivity index (χ3n) is 6.73. The van der Waals surface area contributed by atoms with Crippen molar-refractivity contribution in [2.75, 3.05) is 0 Å². The molecule has 0 saturated carbocycles. The minimum absolute atomic E-state index is 0.0639. The van der Waals surface area contributed by atoms with Gasteiger partial charge in [-0.25, -0.2) is 8.42 Å². The van der Waals surface area contributed by atoms with E-state index in [4.69, 9.17) is 0 Å². The smallest absolute Gasteiger partial charge is 0.251 e. The van der Waals surface area contributed by atoms with Crippen molar-refractivity contribution in [3.05, 3.63) is 107 Å². The first-order valence-electron chi connectivity index (χ1n) is 11.8. The van der Waals surface area contributed by atoms with E-state index < -0.39 is 15.1 Å². The Labute approximate surface area is 202 Å². The number of carbonyl (C=O) groups is 1. The van der Waals surface area contributed by atoms with Crippen molar-refractivity contribution < 1.29 is 13.2 Å². The van der Waals surface area contributed by atoms with Gasteiger partial charge in [0.1, 0.15) is 0 Å². The first kappa shape index (κ1) is 24.0. The molecule has 1 aliphatic rings. The molecule has 1 N–H and O–H groups in total. The highest BCUT2D eigenvalue weighted by atomic mass is 32.2. The Morgan fingerprint density at radius 3 is 2.41 bits per heavy atom. The monoisotopic (exact) mass is 473 g/mol. The lowest BCUT2D eigenvalue weighted by atomic mass is 9.92. The molecule has 176 valence electrons. The van der Waals surface area contributed by atoms with Crippen molar-refractivity contribution in [2.45, 2.75) is 55.7 Å². The third kappa shape index (κ3) is 4.85. The van der Waals surface area contributed by atoms with Crippen LogP contribution in [0.2, 0.25) is 0 Å². The van der Waals surface area contributed by atoms with Gasteiger partial charge < -0.3 is 5.32 Å². The zero-order chi connectivity index (χ0) is 24.3. The molecular formula is C29H31NO3S. The lowest BCUT2D eigenvalue weighted by Crippen LogP contribution is -2.28. The molecule has 1 amide bonds. The number of hydrogen-bond acceptors (Lipinski definition) is 3. The standard InChI is InChI=1S/C29H31NO3S/c1-4-27(22-9-6-5-7-10-22)30-29(31)24-15-18-26-21(3)28(12-8-11-23(26)19-24)34(32,33)25-16-13-20(2)14-17-25/h5-11,13-19,21,27-28H,4,12H2,1-3H3,(H,30,31). The van der Waals surface area contributed by atoms with Crippen LogP contribution in [0.5, 0.6) is 0 Å². The van der Waals surface area contributed by atoms with Gasteiger partial charge in [-0.1, -0.05) is 80.1 Å². The second kappa shape index (κ2) is 9.98. The molecule has 0 aromatic heterocycles. The third-order valence-corrected chi connectivity index (χ3v) is 9.05. The molecule has 3 atom stereocenters. The van der Waals surface area contributed by atoms with Crippen LogP contribution in [-0.4, -0.2) is 19.6 Å². The highest BCUT2D eigenvalue weighted by Crippen LogP contribution is 2.36. The zero-order valence-corrected chi connectivity index (χ0v) is 20.7. The van der Waals surface area contributed by atoms with E-state index in [2.05, 4.69) is 5.32 Å². The van der Waals surface area contributed by atoms with Gasteiger partial charge in [-0.2, -0.15) is 0 Å². The molecule has 0 saturated heterocycles. The lowest BCUT2D eigenvalue weighted by Gasteiger charge is -2.24. The highest BCUT2D eigenvalue weighted by Gasteiger charge is 2.34. The normalized spacial score (nSPS) is 18.6. The van der Waals surface area contributed by atoms with Crippen molar-refractivity contribution in [2.24, 2.45) is 0 Å². The molecule has 34 heavy (non-hydrogen) atoms. The van der Waals surface area contributed by atoms with Gasteiger partial charge in [0.15, 0.2) is 9.84 Å². The van der Waals surface area contributed by atoms with E-state index in [1.807, 2.05) is 87.5 Å². The van der Waals surface area contributed by atoms with E-state index in [-0.39, 0.29) is 17.9 Å². The lowest BCUT2D eigenvalue weighted by molar-refractivity contribution is 0.0935. The first-order chi connectivity index (χ1) is 16.3. The topological polar surface area (TPSA) is 63.2 Å². The predicted octanol–water partition coefficient (Wildman–Crippen LogP) is 6.24. The molecule has 0 fully saturated rings. The summed E-state index contributed by atoms with van der Waals surface area (Å²) >= 11 is 0. The average molecular weight is 474 g/mol. The molecule has 0 bridgehead atoms. The summed E-state index contributed by atoms with van der Waals surface area (Å²) in [6.45, 7) is 5.96. The summed E-state index contributed by atoms with van der Waals surface area (Å²) in [5, 5.41) is 2.57. The Morgan fingerprint density at radius 1 is 1.03 bits per heavy atom. The number of amides is 1. The number of carbonyl (C=O) groups excluding carboxylic acids is 1. The number of nitrogens with one attached hydrogen (secondary N) is 1. The van der Waals surface area contributed by atoms with E-state index in [1.165, 1.54) is 0 Å². The molecule has 0 radical (unpaired) electrons. The first-order valence-corrected chi connectivity index (χ1v) is 13.3. The maximum absolute atomic E-state index is 13.4. The van der Waals surface area contributed by atoms with Crippen LogP contribution in [0, 0.1) is 6.92 Å². The minimum atomic E-state index is -3.50. The van der Waals surface area contributed by atoms with Crippen LogP contribution in [0.1, 0.15) is 71.3 Å². The summed E-state index contributed by atoms with van der Waals surface area (Å²) in [5.74, 6) is -0.339. The van der Waals surface area contributed by atoms with E-state index in [0.29, 0.717) is 16.9 Å². The second-order valence-electron chi connectivity index (χ2n) is 9.01. The number of allylic oxidation sites excluding steroid dienone is 1. The van der Waals surface area contributed by atoms with Crippen LogP contribution < -0.4 is 5.32 Å². The van der Waals surface area contributed by atoms with Gasteiger partial charge in [0.05, 0.1) is 16.2 Å². The number of benzene rings is 3. The maximum atomic E-state index is 13.4. The van der Waals surface area contributed by atoms with Gasteiger partial charge in [0.25, 0.3) is 5.91 Å². The Morgan fingerprint density at radius 2 is 1.74 bits per heavy atom. The second-order valence-corrected chi connectivity index (χ2v) is 11.2. The number of fused-ring (bicyclic) bond motifs is 1. The largest absolute Gasteiger partial charge is 0.345 e. The summed E-state index contributed by atoms with van der Waals surface area (Å²) < 4.78 is 26.9. The molecule has 3 unspecified atom stereocenters. The summed E-state index contributed by atoms with van der Waals surface area (Å²) in [6.07, 6.45) is 5.08. The summed E-state index contributed by atoms with van der Waals surface area (Å²) in [5.41, 5.74) is 4.52. The van der Waals surface area contributed by atoms with Crippen molar-refractivity contribution in [1.29, 1.82) is 0 Å². The van der Waals surface area contributed by atoms with Gasteiger partial charge in [0, 0.05) is 5.56 Å². The number of rotatable bonds is 6. The van der Waals surface area contributed by atoms with Crippen LogP contribution in [0.4, 0.5) is 0 Å².